The van der Waals surface area contributed by atoms with Crippen LogP contribution in [0.15, 0.2) is 12.4 Å². The molecule has 1 fully saturated rings. The molecule has 1 atom stereocenters. The molecule has 1 aromatic heterocycles. The summed E-state index contributed by atoms with van der Waals surface area (Å²) in [5.41, 5.74) is 0.0565. The van der Waals surface area contributed by atoms with Crippen molar-refractivity contribution in [1.29, 1.82) is 0 Å². The molecule has 0 spiro atoms. The van der Waals surface area contributed by atoms with Gasteiger partial charge in [-0.05, 0) is 27.7 Å². The fraction of sp³-hybridized carbons (Fsp3) is 0.643. The highest BCUT2D eigenvalue weighted by Gasteiger charge is 2.37. The molecule has 1 aliphatic rings. The molecule has 0 aliphatic carbocycles. The van der Waals surface area contributed by atoms with Gasteiger partial charge in [-0.1, -0.05) is 0 Å². The van der Waals surface area contributed by atoms with Crippen LogP contribution in [-0.2, 0) is 16.1 Å². The van der Waals surface area contributed by atoms with Gasteiger partial charge in [0.1, 0.15) is 11.6 Å². The van der Waals surface area contributed by atoms with Crippen LogP contribution in [0, 0.1) is 0 Å². The Morgan fingerprint density at radius 1 is 1.50 bits per heavy atom. The summed E-state index contributed by atoms with van der Waals surface area (Å²) >= 11 is 1.54. The van der Waals surface area contributed by atoms with Crippen LogP contribution in [0.1, 0.15) is 27.7 Å². The Morgan fingerprint density at radius 3 is 2.82 bits per heavy atom. The van der Waals surface area contributed by atoms with Gasteiger partial charge in [-0.15, -0.1) is 11.8 Å². The normalized spacial score (nSPS) is 18.4. The number of anilines is 1. The van der Waals surface area contributed by atoms with Gasteiger partial charge in [-0.2, -0.15) is 5.10 Å². The summed E-state index contributed by atoms with van der Waals surface area (Å²) < 4.78 is 7.08. The van der Waals surface area contributed by atoms with E-state index in [9.17, 15) is 9.59 Å². The van der Waals surface area contributed by atoms with Crippen LogP contribution < -0.4 is 5.32 Å². The van der Waals surface area contributed by atoms with Gasteiger partial charge in [0, 0.05) is 18.5 Å². The van der Waals surface area contributed by atoms with Crippen LogP contribution in [0.4, 0.5) is 10.5 Å². The van der Waals surface area contributed by atoms with Gasteiger partial charge >= 0.3 is 6.09 Å². The highest BCUT2D eigenvalue weighted by molar-refractivity contribution is 7.99. The lowest BCUT2D eigenvalue weighted by molar-refractivity contribution is -0.120. The Bertz CT molecular complexity index is 553. The minimum absolute atomic E-state index is 0.216. The van der Waals surface area contributed by atoms with Crippen molar-refractivity contribution in [3.63, 3.8) is 0 Å². The van der Waals surface area contributed by atoms with Gasteiger partial charge in [0.05, 0.1) is 17.8 Å². The van der Waals surface area contributed by atoms with Crippen LogP contribution in [0.2, 0.25) is 0 Å². The topological polar surface area (TPSA) is 76.5 Å². The largest absolute Gasteiger partial charge is 0.444 e. The average molecular weight is 326 g/mol. The first kappa shape index (κ1) is 16.7. The number of carbonyl (C=O) groups is 2. The molecule has 8 heteroatoms. The summed E-state index contributed by atoms with van der Waals surface area (Å²) in [7, 11) is 0. The average Bonchev–Trinajstić information content (AvgIpc) is 3.04. The minimum Gasteiger partial charge on any atom is -0.444 e. The molecule has 0 saturated carbocycles. The molecule has 1 saturated heterocycles. The van der Waals surface area contributed by atoms with Crippen molar-refractivity contribution in [2.24, 2.45) is 0 Å². The maximum atomic E-state index is 12.4. The maximum Gasteiger partial charge on any atom is 0.411 e. The fourth-order valence-corrected chi connectivity index (χ4v) is 3.13. The second-order valence-corrected chi connectivity index (χ2v) is 7.04. The number of ether oxygens (including phenoxy) is 1. The van der Waals surface area contributed by atoms with Crippen LogP contribution in [-0.4, -0.2) is 50.0 Å². The van der Waals surface area contributed by atoms with Gasteiger partial charge in [0.2, 0.25) is 5.91 Å². The fourth-order valence-electron chi connectivity index (χ4n) is 1.99. The van der Waals surface area contributed by atoms with E-state index < -0.39 is 17.7 Å². The van der Waals surface area contributed by atoms with Crippen LogP contribution in [0.5, 0.6) is 0 Å². The molecule has 2 heterocycles. The van der Waals surface area contributed by atoms with E-state index in [1.165, 1.54) is 16.7 Å². The number of hydrogen-bond donors (Lipinski definition) is 1. The van der Waals surface area contributed by atoms with Crippen LogP contribution in [0.25, 0.3) is 0 Å². The number of carbonyl (C=O) groups excluding carboxylic acids is 2. The van der Waals surface area contributed by atoms with Crippen LogP contribution >= 0.6 is 11.8 Å². The van der Waals surface area contributed by atoms with Gasteiger partial charge in [0.25, 0.3) is 0 Å². The van der Waals surface area contributed by atoms with Gasteiger partial charge in [0.15, 0.2) is 0 Å². The van der Waals surface area contributed by atoms with E-state index in [0.717, 1.165) is 6.54 Å². The molecule has 1 N–H and O–H groups in total. The standard InChI is InChI=1S/C14H22N4O3S/c1-5-17-7-10(6-15-17)16-12(19)11-8-22-9-18(11)13(20)21-14(2,3)4/h6-7,11H,5,8-9H2,1-4H3,(H,16,19)/t11-/m0/s1. The molecule has 1 aromatic rings. The number of thioether (sulfide) groups is 1. The number of amides is 2. The van der Waals surface area contributed by atoms with Crippen molar-refractivity contribution in [2.45, 2.75) is 45.9 Å². The summed E-state index contributed by atoms with van der Waals surface area (Å²) in [6.07, 6.45) is 2.90. The van der Waals surface area contributed by atoms with E-state index in [0.29, 0.717) is 17.3 Å². The zero-order valence-electron chi connectivity index (χ0n) is 13.3. The Balaban J connectivity index is 2.00. The first-order valence-corrected chi connectivity index (χ1v) is 8.36. The minimum atomic E-state index is -0.576. The van der Waals surface area contributed by atoms with E-state index in [4.69, 9.17) is 4.74 Å². The first-order valence-electron chi connectivity index (χ1n) is 7.21. The summed E-state index contributed by atoms with van der Waals surface area (Å²) in [6.45, 7) is 8.13. The van der Waals surface area contributed by atoms with Gasteiger partial charge in [-0.3, -0.25) is 14.4 Å². The smallest absolute Gasteiger partial charge is 0.411 e. The lowest BCUT2D eigenvalue weighted by Crippen LogP contribution is -2.46. The molecular weight excluding hydrogens is 304 g/mol. The SMILES string of the molecule is CCn1cc(NC(=O)[C@@H]2CSCN2C(=O)OC(C)(C)C)cn1. The Labute approximate surface area is 134 Å². The second-order valence-electron chi connectivity index (χ2n) is 6.04. The molecular formula is C14H22N4O3S. The van der Waals surface area contributed by atoms with E-state index in [1.807, 2.05) is 27.7 Å². The van der Waals surface area contributed by atoms with Crippen LogP contribution in [0.3, 0.4) is 0 Å². The molecule has 2 amide bonds. The second kappa shape index (κ2) is 6.60. The quantitative estimate of drug-likeness (QED) is 0.921. The number of hydrogen-bond acceptors (Lipinski definition) is 5. The van der Waals surface area contributed by atoms with Crippen molar-refractivity contribution in [2.75, 3.05) is 16.9 Å². The number of aryl methyl sites for hydroxylation is 1. The van der Waals surface area contributed by atoms with E-state index in [1.54, 1.807) is 17.1 Å². The molecule has 7 nitrogen and oxygen atoms in total. The molecule has 122 valence electrons. The Kier molecular flexibility index (Phi) is 5.00. The molecule has 0 aromatic carbocycles. The summed E-state index contributed by atoms with van der Waals surface area (Å²) in [5.74, 6) is 0.806. The van der Waals surface area contributed by atoms with Crippen molar-refractivity contribution in [1.82, 2.24) is 14.7 Å². The predicted molar refractivity (Wildman–Crippen MR) is 85.7 cm³/mol. The maximum absolute atomic E-state index is 12.4. The number of rotatable bonds is 3. The molecule has 1 aliphatic heterocycles. The van der Waals surface area contributed by atoms with E-state index in [2.05, 4.69) is 10.4 Å². The highest BCUT2D eigenvalue weighted by atomic mass is 32.2. The molecule has 0 radical (unpaired) electrons. The Morgan fingerprint density at radius 2 is 2.23 bits per heavy atom. The molecule has 22 heavy (non-hydrogen) atoms. The van der Waals surface area contributed by atoms with Crippen molar-refractivity contribution >= 4 is 29.4 Å². The monoisotopic (exact) mass is 326 g/mol. The first-order chi connectivity index (χ1) is 10.3. The zero-order chi connectivity index (χ0) is 16.3. The van der Waals surface area contributed by atoms with Gasteiger partial charge < -0.3 is 10.1 Å². The third-order valence-corrected chi connectivity index (χ3v) is 4.05. The molecule has 0 unspecified atom stereocenters. The summed E-state index contributed by atoms with van der Waals surface area (Å²) in [4.78, 5) is 26.0. The Hall–Kier alpha value is -1.70. The number of aromatic nitrogens is 2. The van der Waals surface area contributed by atoms with Gasteiger partial charge in [-0.25, -0.2) is 4.79 Å². The van der Waals surface area contributed by atoms with Crippen molar-refractivity contribution in [3.05, 3.63) is 12.4 Å². The predicted octanol–water partition coefficient (Wildman–Crippen LogP) is 2.15. The lowest BCUT2D eigenvalue weighted by atomic mass is 10.2. The third kappa shape index (κ3) is 4.16. The third-order valence-electron chi connectivity index (χ3n) is 3.04. The summed E-state index contributed by atoms with van der Waals surface area (Å²) in [6, 6.07) is -0.523. The number of nitrogens with zero attached hydrogens (tertiary/aromatic N) is 3. The molecule has 0 bridgehead atoms. The highest BCUT2D eigenvalue weighted by Crippen LogP contribution is 2.24. The lowest BCUT2D eigenvalue weighted by Gasteiger charge is -2.27. The zero-order valence-corrected chi connectivity index (χ0v) is 14.1. The summed E-state index contributed by atoms with van der Waals surface area (Å²) in [5, 5.41) is 6.91. The van der Waals surface area contributed by atoms with E-state index in [-0.39, 0.29) is 5.91 Å². The van der Waals surface area contributed by atoms with E-state index >= 15 is 0 Å². The van der Waals surface area contributed by atoms with Crippen molar-refractivity contribution in [3.8, 4) is 0 Å². The number of nitrogens with one attached hydrogen (secondary N) is 1. The molecule has 2 rings (SSSR count). The van der Waals surface area contributed by atoms with Crippen molar-refractivity contribution < 1.29 is 14.3 Å².